The van der Waals surface area contributed by atoms with Crippen LogP contribution in [0.5, 0.6) is 0 Å². The van der Waals surface area contributed by atoms with Gasteiger partial charge in [0.2, 0.25) is 70.9 Å². The maximum atomic E-state index is 13.9. The number of carbonyl (C=O) groups excluding carboxylic acids is 12. The molecule has 12 amide bonds. The molecule has 0 aromatic heterocycles. The second-order valence-electron chi connectivity index (χ2n) is 18.3. The summed E-state index contributed by atoms with van der Waals surface area (Å²) in [5, 5.41) is 33.9. The standard InChI is InChI=1S/C45H82N14O14S/c1-9-24(5)36(44(71)51-21-35(64)53-29(17-23(3)4)41(68)55-27(38(49)65)14-16-74(8)73)59-45(72)37(25(6)10-2)58-39(66)26(7)52-34(63)20-50-40(67)28(13-11-12-15-46)56-42(69)30(18-32(48)61)57-43(70)31(22-60)54-33(62)19-47/h23-31,36-37,60H,9-22,46-47H2,1-8H3,(H2,48,61)(H2,49,65)(H,50,67)(H,51,71)(H,52,63)(H,53,64)(H,54,62)(H,55,68)(H,56,69)(H,57,70)(H,58,66)(H,59,72)/t24-,25-,26-,27-,28-,29-,30-,31-,36-,37-,74?/m0/s1. The normalized spacial score (nSPS) is 15.5. The van der Waals surface area contributed by atoms with Gasteiger partial charge < -0.3 is 81.2 Å². The van der Waals surface area contributed by atoms with Crippen LogP contribution in [0.2, 0.25) is 0 Å². The summed E-state index contributed by atoms with van der Waals surface area (Å²) in [4.78, 5) is 155. The van der Waals surface area contributed by atoms with E-state index >= 15 is 0 Å². The molecule has 0 heterocycles. The van der Waals surface area contributed by atoms with Gasteiger partial charge in [-0.2, -0.15) is 0 Å². The van der Waals surface area contributed by atoms with Crippen molar-refractivity contribution in [3.8, 4) is 0 Å². The van der Waals surface area contributed by atoms with Crippen molar-refractivity contribution < 1.29 is 66.8 Å². The van der Waals surface area contributed by atoms with Crippen molar-refractivity contribution in [2.45, 2.75) is 148 Å². The molecule has 0 aliphatic rings. The maximum Gasteiger partial charge on any atom is 0.245 e. The van der Waals surface area contributed by atoms with Crippen LogP contribution in [0.25, 0.3) is 0 Å². The second kappa shape index (κ2) is 35.8. The van der Waals surface area contributed by atoms with Gasteiger partial charge in [-0.1, -0.05) is 54.4 Å². The van der Waals surface area contributed by atoms with Crippen molar-refractivity contribution in [2.24, 2.45) is 40.7 Å². The lowest BCUT2D eigenvalue weighted by Gasteiger charge is -2.29. The molecule has 0 bridgehead atoms. The largest absolute Gasteiger partial charge is 0.394 e. The number of hydrogen-bond acceptors (Lipinski definition) is 16. The maximum absolute atomic E-state index is 13.9. The van der Waals surface area contributed by atoms with Crippen LogP contribution in [0, 0.1) is 17.8 Å². The van der Waals surface area contributed by atoms with Gasteiger partial charge in [0.05, 0.1) is 32.7 Å². The molecule has 0 rings (SSSR count). The minimum atomic E-state index is -1.66. The number of nitrogens with one attached hydrogen (secondary N) is 10. The molecular weight excluding hydrogens is 993 g/mol. The number of aliphatic hydroxyl groups is 1. The number of carbonyl (C=O) groups is 12. The van der Waals surface area contributed by atoms with E-state index in [1.807, 2.05) is 0 Å². The molecule has 0 fully saturated rings. The van der Waals surface area contributed by atoms with Crippen LogP contribution in [0.4, 0.5) is 0 Å². The Bertz CT molecular complexity index is 1960. The Morgan fingerprint density at radius 2 is 1.01 bits per heavy atom. The Balaban J connectivity index is 5.92. The summed E-state index contributed by atoms with van der Waals surface area (Å²) in [5.74, 6) is -11.3. The Hall–Kier alpha value is -6.33. The first kappa shape index (κ1) is 67.7. The molecule has 0 saturated carbocycles. The van der Waals surface area contributed by atoms with E-state index in [1.165, 1.54) is 13.2 Å². The van der Waals surface area contributed by atoms with Gasteiger partial charge in [0.15, 0.2) is 0 Å². The van der Waals surface area contributed by atoms with Crippen LogP contribution < -0.4 is 76.1 Å². The lowest BCUT2D eigenvalue weighted by molar-refractivity contribution is -0.136. The van der Waals surface area contributed by atoms with E-state index in [9.17, 15) is 66.8 Å². The Labute approximate surface area is 434 Å². The molecule has 1 unspecified atom stereocenters. The van der Waals surface area contributed by atoms with E-state index in [4.69, 9.17) is 22.9 Å². The van der Waals surface area contributed by atoms with Crippen LogP contribution >= 0.6 is 0 Å². The summed E-state index contributed by atoms with van der Waals surface area (Å²) < 4.78 is 11.6. The van der Waals surface area contributed by atoms with E-state index in [1.54, 1.807) is 41.5 Å². The predicted molar refractivity (Wildman–Crippen MR) is 271 cm³/mol. The minimum Gasteiger partial charge on any atom is -0.394 e. The second-order valence-corrected chi connectivity index (χ2v) is 19.9. The predicted octanol–water partition coefficient (Wildman–Crippen LogP) is -6.54. The van der Waals surface area contributed by atoms with Gasteiger partial charge in [-0.05, 0) is 63.3 Å². The molecule has 74 heavy (non-hydrogen) atoms. The number of aliphatic hydroxyl groups excluding tert-OH is 1. The summed E-state index contributed by atoms with van der Waals surface area (Å²) in [5.41, 5.74) is 21.6. The Morgan fingerprint density at radius 1 is 0.527 bits per heavy atom. The third kappa shape index (κ3) is 26.6. The first-order chi connectivity index (χ1) is 34.6. The number of primary amides is 2. The minimum absolute atomic E-state index is 0.0148. The average molecular weight is 1080 g/mol. The van der Waals surface area contributed by atoms with E-state index < -0.39 is 175 Å². The van der Waals surface area contributed by atoms with E-state index in [0.29, 0.717) is 25.7 Å². The average Bonchev–Trinajstić information content (AvgIpc) is 3.33. The van der Waals surface area contributed by atoms with Crippen molar-refractivity contribution in [3.63, 3.8) is 0 Å². The number of nitrogens with two attached hydrogens (primary N) is 4. The van der Waals surface area contributed by atoms with E-state index in [2.05, 4.69) is 53.2 Å². The highest BCUT2D eigenvalue weighted by molar-refractivity contribution is 7.84. The van der Waals surface area contributed by atoms with Gasteiger partial charge in [-0.3, -0.25) is 61.7 Å². The van der Waals surface area contributed by atoms with Crippen LogP contribution in [0.15, 0.2) is 0 Å². The monoisotopic (exact) mass is 1070 g/mol. The highest BCUT2D eigenvalue weighted by Crippen LogP contribution is 2.13. The van der Waals surface area contributed by atoms with Gasteiger partial charge in [0.1, 0.15) is 48.3 Å². The van der Waals surface area contributed by atoms with E-state index in [-0.39, 0.29) is 37.5 Å². The van der Waals surface area contributed by atoms with Gasteiger partial charge >= 0.3 is 0 Å². The van der Waals surface area contributed by atoms with Crippen molar-refractivity contribution in [1.29, 1.82) is 0 Å². The molecule has 19 N–H and O–H groups in total. The molecule has 0 aromatic rings. The fourth-order valence-electron chi connectivity index (χ4n) is 6.81. The molecule has 11 atom stereocenters. The first-order valence-corrected chi connectivity index (χ1v) is 26.2. The molecule has 0 radical (unpaired) electrons. The van der Waals surface area contributed by atoms with Crippen LogP contribution in [-0.2, 0) is 68.3 Å². The topological polar surface area (TPSA) is 467 Å². The summed E-state index contributed by atoms with van der Waals surface area (Å²) in [7, 11) is -1.26. The van der Waals surface area contributed by atoms with Gasteiger partial charge in [-0.25, -0.2) is 0 Å². The smallest absolute Gasteiger partial charge is 0.245 e. The van der Waals surface area contributed by atoms with Crippen molar-refractivity contribution in [1.82, 2.24) is 53.2 Å². The van der Waals surface area contributed by atoms with Gasteiger partial charge in [0, 0.05) is 22.8 Å². The van der Waals surface area contributed by atoms with Crippen LogP contribution in [0.3, 0.4) is 0 Å². The van der Waals surface area contributed by atoms with Crippen molar-refractivity contribution >= 4 is 81.7 Å². The molecule has 0 aromatic carbocycles. The Kier molecular flexibility index (Phi) is 32.7. The fraction of sp³-hybridized carbons (Fsp3) is 0.733. The van der Waals surface area contributed by atoms with Crippen molar-refractivity contribution in [3.05, 3.63) is 0 Å². The third-order valence-corrected chi connectivity index (χ3v) is 12.4. The first-order valence-electron chi connectivity index (χ1n) is 24.5. The Morgan fingerprint density at radius 3 is 1.51 bits per heavy atom. The summed E-state index contributed by atoms with van der Waals surface area (Å²) in [6.07, 6.45) is 2.35. The zero-order valence-electron chi connectivity index (χ0n) is 43.7. The summed E-state index contributed by atoms with van der Waals surface area (Å²) in [6, 6.07) is -10.5. The zero-order chi connectivity index (χ0) is 56.8. The summed E-state index contributed by atoms with van der Waals surface area (Å²) in [6.45, 7) is 9.32. The molecule has 0 saturated heterocycles. The number of amides is 12. The van der Waals surface area contributed by atoms with Gasteiger partial charge in [-0.15, -0.1) is 0 Å². The van der Waals surface area contributed by atoms with Crippen molar-refractivity contribution in [2.75, 3.05) is 44.8 Å². The number of unbranched alkanes of at least 4 members (excludes halogenated alkanes) is 1. The molecular formula is C45H82N14O14S. The molecule has 0 aliphatic heterocycles. The molecule has 28 nitrogen and oxygen atoms in total. The highest BCUT2D eigenvalue weighted by Gasteiger charge is 2.35. The summed E-state index contributed by atoms with van der Waals surface area (Å²) >= 11 is 0. The lowest BCUT2D eigenvalue weighted by Crippen LogP contribution is -2.60. The quantitative estimate of drug-likeness (QED) is 0.0257. The third-order valence-electron chi connectivity index (χ3n) is 11.6. The number of hydrogen-bond donors (Lipinski definition) is 15. The zero-order valence-corrected chi connectivity index (χ0v) is 44.5. The van der Waals surface area contributed by atoms with E-state index in [0.717, 1.165) is 0 Å². The van der Waals surface area contributed by atoms with Gasteiger partial charge in [0.25, 0.3) is 0 Å². The van der Waals surface area contributed by atoms with Crippen LogP contribution in [0.1, 0.15) is 99.8 Å². The molecule has 422 valence electrons. The van der Waals surface area contributed by atoms with Crippen LogP contribution in [-0.4, -0.2) is 173 Å². The molecule has 29 heteroatoms. The lowest BCUT2D eigenvalue weighted by atomic mass is 9.94. The SMILES string of the molecule is CC[C@H](C)[C@H](NC(=O)[C@H](C)NC(=O)CNC(=O)[C@H](CCCCN)NC(=O)[C@H](CC(N)=O)NC(=O)[C@H](CO)NC(=O)CN)C(=O)N[C@H](C(=O)NCC(=O)N[C@@H](CC(C)C)C(=O)N[C@@H](CCS(C)=O)C(N)=O)[C@@H](C)CC. The highest BCUT2D eigenvalue weighted by atomic mass is 32.2. The fourth-order valence-corrected chi connectivity index (χ4v) is 7.37. The molecule has 0 spiro atoms. The number of rotatable bonds is 37. The molecule has 0 aliphatic carbocycles.